The number of piperazine rings is 1. The number of nitrogens with one attached hydrogen (secondary N) is 2. The molecule has 0 saturated carbocycles. The zero-order valence-corrected chi connectivity index (χ0v) is 11.1. The Morgan fingerprint density at radius 1 is 1.40 bits per heavy atom. The van der Waals surface area contributed by atoms with E-state index < -0.39 is 0 Å². The van der Waals surface area contributed by atoms with E-state index in [9.17, 15) is 4.79 Å². The first-order valence-electron chi connectivity index (χ1n) is 6.60. The molecule has 6 heteroatoms. The number of aromatic nitrogens is 1. The minimum Gasteiger partial charge on any atom is -0.354 e. The van der Waals surface area contributed by atoms with E-state index in [1.807, 2.05) is 24.3 Å². The first kappa shape index (κ1) is 12.8. The monoisotopic (exact) mass is 271 g/mol. The number of pyridine rings is 1. The molecule has 0 atom stereocenters. The molecule has 1 aliphatic rings. The summed E-state index contributed by atoms with van der Waals surface area (Å²) in [4.78, 5) is 18.0. The van der Waals surface area contributed by atoms with E-state index in [0.29, 0.717) is 25.5 Å². The number of carbonyl (C=O) groups is 1. The molecule has 0 unspecified atom stereocenters. The fraction of sp³-hybridized carbons (Fsp3) is 0.286. The van der Waals surface area contributed by atoms with Gasteiger partial charge in [0.05, 0.1) is 12.1 Å². The van der Waals surface area contributed by atoms with Gasteiger partial charge in [0, 0.05) is 30.6 Å². The zero-order chi connectivity index (χ0) is 13.9. The van der Waals surface area contributed by atoms with Crippen LogP contribution in [0.1, 0.15) is 5.56 Å². The first-order valence-corrected chi connectivity index (χ1v) is 6.60. The molecule has 0 aliphatic carbocycles. The number of fused-ring (bicyclic) bond motifs is 1. The summed E-state index contributed by atoms with van der Waals surface area (Å²) >= 11 is 0. The van der Waals surface area contributed by atoms with Gasteiger partial charge in [0.25, 0.3) is 0 Å². The number of nitrogens with two attached hydrogens (primary N) is 1. The van der Waals surface area contributed by atoms with Crippen LogP contribution in [0.2, 0.25) is 0 Å². The second-order valence-corrected chi connectivity index (χ2v) is 4.89. The molecular formula is C14H17N5O. The molecule has 1 saturated heterocycles. The van der Waals surface area contributed by atoms with Crippen molar-refractivity contribution in [1.29, 1.82) is 0 Å². The highest BCUT2D eigenvalue weighted by Crippen LogP contribution is 2.21. The third-order valence-corrected chi connectivity index (χ3v) is 3.45. The van der Waals surface area contributed by atoms with Crippen molar-refractivity contribution in [2.24, 2.45) is 5.84 Å². The van der Waals surface area contributed by atoms with Crippen LogP contribution in [0.25, 0.3) is 10.9 Å². The molecule has 1 aromatic heterocycles. The zero-order valence-electron chi connectivity index (χ0n) is 11.1. The fourth-order valence-corrected chi connectivity index (χ4v) is 2.47. The van der Waals surface area contributed by atoms with Crippen LogP contribution >= 0.6 is 0 Å². The maximum Gasteiger partial charge on any atom is 0.234 e. The molecule has 0 spiro atoms. The van der Waals surface area contributed by atoms with Crippen LogP contribution in [0.5, 0.6) is 0 Å². The molecule has 1 aromatic carbocycles. The third-order valence-electron chi connectivity index (χ3n) is 3.45. The van der Waals surface area contributed by atoms with Crippen LogP contribution in [0, 0.1) is 0 Å². The largest absolute Gasteiger partial charge is 0.354 e. The predicted octanol–water partition coefficient (Wildman–Crippen LogP) is 0.452. The number of benzene rings is 1. The van der Waals surface area contributed by atoms with E-state index in [0.717, 1.165) is 23.0 Å². The van der Waals surface area contributed by atoms with Crippen molar-refractivity contribution < 1.29 is 4.79 Å². The van der Waals surface area contributed by atoms with Crippen molar-refractivity contribution in [2.45, 2.75) is 6.54 Å². The van der Waals surface area contributed by atoms with Gasteiger partial charge in [0.15, 0.2) is 0 Å². The Labute approximate surface area is 116 Å². The number of para-hydroxylation sites is 1. The van der Waals surface area contributed by atoms with Gasteiger partial charge in [0.2, 0.25) is 5.91 Å². The number of rotatable bonds is 3. The highest BCUT2D eigenvalue weighted by Gasteiger charge is 2.18. The van der Waals surface area contributed by atoms with Crippen LogP contribution in [0.3, 0.4) is 0 Å². The lowest BCUT2D eigenvalue weighted by molar-refractivity contribution is -0.124. The van der Waals surface area contributed by atoms with Gasteiger partial charge in [-0.3, -0.25) is 9.69 Å². The van der Waals surface area contributed by atoms with Crippen LogP contribution < -0.4 is 16.6 Å². The molecule has 1 amide bonds. The molecule has 1 fully saturated rings. The van der Waals surface area contributed by atoms with Crippen molar-refractivity contribution in [2.75, 3.05) is 25.1 Å². The van der Waals surface area contributed by atoms with E-state index in [1.165, 1.54) is 0 Å². The van der Waals surface area contributed by atoms with E-state index in [-0.39, 0.29) is 5.91 Å². The van der Waals surface area contributed by atoms with E-state index in [2.05, 4.69) is 26.7 Å². The second kappa shape index (κ2) is 5.44. The smallest absolute Gasteiger partial charge is 0.234 e. The molecule has 6 nitrogen and oxygen atoms in total. The number of amides is 1. The molecule has 20 heavy (non-hydrogen) atoms. The lowest BCUT2D eigenvalue weighted by Crippen LogP contribution is -2.47. The van der Waals surface area contributed by atoms with Crippen LogP contribution in [0.4, 0.5) is 5.82 Å². The van der Waals surface area contributed by atoms with Crippen molar-refractivity contribution in [1.82, 2.24) is 15.2 Å². The Kier molecular flexibility index (Phi) is 3.49. The Hall–Kier alpha value is -2.18. The van der Waals surface area contributed by atoms with Crippen LogP contribution in [-0.4, -0.2) is 35.4 Å². The Morgan fingerprint density at radius 2 is 2.25 bits per heavy atom. The predicted molar refractivity (Wildman–Crippen MR) is 77.8 cm³/mol. The summed E-state index contributed by atoms with van der Waals surface area (Å²) in [5.41, 5.74) is 4.55. The molecule has 104 valence electrons. The van der Waals surface area contributed by atoms with Crippen molar-refractivity contribution in [3.05, 3.63) is 35.9 Å². The van der Waals surface area contributed by atoms with Crippen LogP contribution in [-0.2, 0) is 11.3 Å². The van der Waals surface area contributed by atoms with Crippen molar-refractivity contribution in [3.8, 4) is 0 Å². The number of hydrogen-bond donors (Lipinski definition) is 3. The molecule has 0 radical (unpaired) electrons. The SMILES string of the molecule is NNc1nc2ccccc2cc1CN1CCNC(=O)C1. The summed E-state index contributed by atoms with van der Waals surface area (Å²) in [5, 5.41) is 3.89. The summed E-state index contributed by atoms with van der Waals surface area (Å²) in [6, 6.07) is 9.98. The van der Waals surface area contributed by atoms with Gasteiger partial charge in [-0.15, -0.1) is 0 Å². The van der Waals surface area contributed by atoms with E-state index in [4.69, 9.17) is 5.84 Å². The van der Waals surface area contributed by atoms with Crippen LogP contribution in [0.15, 0.2) is 30.3 Å². The number of nitrogens with zero attached hydrogens (tertiary/aromatic N) is 2. The normalized spacial score (nSPS) is 16.1. The maximum atomic E-state index is 11.4. The highest BCUT2D eigenvalue weighted by molar-refractivity contribution is 5.82. The summed E-state index contributed by atoms with van der Waals surface area (Å²) in [5.74, 6) is 6.29. The number of anilines is 1. The number of nitrogen functional groups attached to an aromatic ring is 1. The highest BCUT2D eigenvalue weighted by atomic mass is 16.2. The summed E-state index contributed by atoms with van der Waals surface area (Å²) in [6.45, 7) is 2.59. The van der Waals surface area contributed by atoms with Crippen molar-refractivity contribution >= 4 is 22.6 Å². The third kappa shape index (κ3) is 2.56. The summed E-state index contributed by atoms with van der Waals surface area (Å²) in [6.07, 6.45) is 0. The van der Waals surface area contributed by atoms with Gasteiger partial charge in [-0.25, -0.2) is 10.8 Å². The Bertz CT molecular complexity index is 642. The van der Waals surface area contributed by atoms with E-state index in [1.54, 1.807) is 0 Å². The maximum absolute atomic E-state index is 11.4. The standard InChI is InChI=1S/C14H17N5O/c15-18-14-11(8-19-6-5-16-13(20)9-19)7-10-3-1-2-4-12(10)17-14/h1-4,7H,5-6,8-9,15H2,(H,16,20)(H,17,18). The minimum absolute atomic E-state index is 0.0623. The number of hydrazine groups is 1. The average Bonchev–Trinajstić information content (AvgIpc) is 2.46. The van der Waals surface area contributed by atoms with Gasteiger partial charge in [-0.2, -0.15) is 0 Å². The molecule has 2 heterocycles. The molecular weight excluding hydrogens is 254 g/mol. The number of hydrogen-bond acceptors (Lipinski definition) is 5. The quantitative estimate of drug-likeness (QED) is 0.558. The van der Waals surface area contributed by atoms with Gasteiger partial charge >= 0.3 is 0 Å². The Balaban J connectivity index is 1.91. The molecule has 1 aliphatic heterocycles. The number of carbonyl (C=O) groups excluding carboxylic acids is 1. The topological polar surface area (TPSA) is 83.3 Å². The average molecular weight is 271 g/mol. The van der Waals surface area contributed by atoms with Gasteiger partial charge in [-0.05, 0) is 12.1 Å². The van der Waals surface area contributed by atoms with E-state index >= 15 is 0 Å². The molecule has 4 N–H and O–H groups in total. The fourth-order valence-electron chi connectivity index (χ4n) is 2.47. The molecule has 2 aromatic rings. The Morgan fingerprint density at radius 3 is 3.05 bits per heavy atom. The second-order valence-electron chi connectivity index (χ2n) is 4.89. The first-order chi connectivity index (χ1) is 9.76. The van der Waals surface area contributed by atoms with Crippen molar-refractivity contribution in [3.63, 3.8) is 0 Å². The van der Waals surface area contributed by atoms with Gasteiger partial charge in [0.1, 0.15) is 5.82 Å². The van der Waals surface area contributed by atoms with Gasteiger partial charge < -0.3 is 10.7 Å². The summed E-state index contributed by atoms with van der Waals surface area (Å²) < 4.78 is 0. The summed E-state index contributed by atoms with van der Waals surface area (Å²) in [7, 11) is 0. The lowest BCUT2D eigenvalue weighted by Gasteiger charge is -2.27. The molecule has 3 rings (SSSR count). The molecule has 0 bridgehead atoms. The minimum atomic E-state index is 0.0623. The van der Waals surface area contributed by atoms with Gasteiger partial charge in [-0.1, -0.05) is 18.2 Å². The lowest BCUT2D eigenvalue weighted by atomic mass is 10.1.